The van der Waals surface area contributed by atoms with Crippen molar-refractivity contribution < 1.29 is 0 Å². The second-order valence-corrected chi connectivity index (χ2v) is 6.84. The highest BCUT2D eigenvalue weighted by Crippen LogP contribution is 2.26. The van der Waals surface area contributed by atoms with E-state index in [9.17, 15) is 0 Å². The molecule has 2 fully saturated rings. The Morgan fingerprint density at radius 2 is 1.67 bits per heavy atom. The van der Waals surface area contributed by atoms with Crippen LogP contribution >= 0.6 is 0 Å². The first-order valence-electron chi connectivity index (χ1n) is 8.50. The highest BCUT2D eigenvalue weighted by atomic mass is 15.2. The monoisotopic (exact) mass is 288 g/mol. The van der Waals surface area contributed by atoms with Gasteiger partial charge in [0, 0.05) is 37.1 Å². The molecule has 1 aliphatic heterocycles. The van der Waals surface area contributed by atoms with Crippen LogP contribution in [0.4, 0.5) is 5.95 Å². The van der Waals surface area contributed by atoms with Gasteiger partial charge in [0.2, 0.25) is 5.95 Å². The molecular formula is C17H28N4. The molecule has 0 atom stereocenters. The first-order chi connectivity index (χ1) is 10.2. The van der Waals surface area contributed by atoms with Crippen LogP contribution in [-0.2, 0) is 0 Å². The van der Waals surface area contributed by atoms with Crippen molar-refractivity contribution in [1.82, 2.24) is 14.9 Å². The highest BCUT2D eigenvalue weighted by molar-refractivity contribution is 5.29. The van der Waals surface area contributed by atoms with Crippen LogP contribution in [0.2, 0.25) is 0 Å². The summed E-state index contributed by atoms with van der Waals surface area (Å²) in [6.07, 6.45) is 8.23. The number of aromatic nitrogens is 2. The summed E-state index contributed by atoms with van der Waals surface area (Å²) >= 11 is 0. The Balaban J connectivity index is 1.46. The number of hydrogen-bond donors (Lipinski definition) is 1. The molecule has 1 aromatic rings. The predicted molar refractivity (Wildman–Crippen MR) is 86.5 cm³/mol. The lowest BCUT2D eigenvalue weighted by molar-refractivity contribution is 0.189. The fourth-order valence-corrected chi connectivity index (χ4v) is 3.79. The number of rotatable bonds is 4. The second kappa shape index (κ2) is 6.73. The smallest absolute Gasteiger partial charge is 0.223 e. The maximum atomic E-state index is 4.49. The largest absolute Gasteiger partial charge is 0.351 e. The van der Waals surface area contributed by atoms with E-state index in [1.807, 2.05) is 19.9 Å². The molecule has 0 aromatic carbocycles. The molecule has 1 N–H and O–H groups in total. The topological polar surface area (TPSA) is 41.1 Å². The number of nitrogens with one attached hydrogen (secondary N) is 1. The van der Waals surface area contributed by atoms with Gasteiger partial charge in [0.25, 0.3) is 0 Å². The lowest BCUT2D eigenvalue weighted by Crippen LogP contribution is -2.41. The van der Waals surface area contributed by atoms with Crippen molar-refractivity contribution in [1.29, 1.82) is 0 Å². The Labute approximate surface area is 128 Å². The Morgan fingerprint density at radius 1 is 1.05 bits per heavy atom. The Hall–Kier alpha value is -1.16. The molecule has 0 spiro atoms. The number of piperidine rings is 1. The van der Waals surface area contributed by atoms with Gasteiger partial charge in [0.05, 0.1) is 0 Å². The van der Waals surface area contributed by atoms with Gasteiger partial charge in [-0.25, -0.2) is 9.97 Å². The summed E-state index contributed by atoms with van der Waals surface area (Å²) in [5.74, 6) is 1.78. The molecule has 116 valence electrons. The average Bonchev–Trinajstić information content (AvgIpc) is 2.93. The van der Waals surface area contributed by atoms with Gasteiger partial charge in [-0.15, -0.1) is 0 Å². The zero-order valence-electron chi connectivity index (χ0n) is 13.4. The van der Waals surface area contributed by atoms with Crippen molar-refractivity contribution in [3.63, 3.8) is 0 Å². The third-order valence-corrected chi connectivity index (χ3v) is 4.89. The van der Waals surface area contributed by atoms with Gasteiger partial charge in [-0.05, 0) is 51.5 Å². The molecule has 2 heterocycles. The van der Waals surface area contributed by atoms with E-state index in [1.165, 1.54) is 58.2 Å². The summed E-state index contributed by atoms with van der Waals surface area (Å²) < 4.78 is 0. The van der Waals surface area contributed by atoms with Crippen molar-refractivity contribution in [2.75, 3.05) is 25.0 Å². The molecule has 1 aromatic heterocycles. The van der Waals surface area contributed by atoms with Crippen LogP contribution in [0.5, 0.6) is 0 Å². The van der Waals surface area contributed by atoms with E-state index in [0.717, 1.165) is 23.3 Å². The molecule has 0 unspecified atom stereocenters. The lowest BCUT2D eigenvalue weighted by atomic mass is 10.0. The Bertz CT molecular complexity index is 440. The van der Waals surface area contributed by atoms with Gasteiger partial charge in [-0.1, -0.05) is 12.8 Å². The van der Waals surface area contributed by atoms with Crippen LogP contribution < -0.4 is 5.32 Å². The van der Waals surface area contributed by atoms with E-state index in [2.05, 4.69) is 20.2 Å². The van der Waals surface area contributed by atoms with Crippen molar-refractivity contribution in [3.8, 4) is 0 Å². The number of aryl methyl sites for hydroxylation is 2. The van der Waals surface area contributed by atoms with E-state index in [-0.39, 0.29) is 0 Å². The molecule has 0 radical (unpaired) electrons. The fraction of sp³-hybridized carbons (Fsp3) is 0.765. The number of anilines is 1. The number of nitrogens with zero attached hydrogens (tertiary/aromatic N) is 3. The molecule has 0 amide bonds. The maximum absolute atomic E-state index is 4.49. The lowest BCUT2D eigenvalue weighted by Gasteiger charge is -2.33. The van der Waals surface area contributed by atoms with E-state index in [0.29, 0.717) is 6.04 Å². The molecule has 2 aliphatic rings. The first-order valence-corrected chi connectivity index (χ1v) is 8.50. The minimum absolute atomic E-state index is 0.533. The first kappa shape index (κ1) is 14.8. The van der Waals surface area contributed by atoms with Crippen LogP contribution in [0.1, 0.15) is 49.9 Å². The van der Waals surface area contributed by atoms with E-state index in [1.54, 1.807) is 0 Å². The van der Waals surface area contributed by atoms with Crippen LogP contribution in [0, 0.1) is 19.8 Å². The van der Waals surface area contributed by atoms with Crippen LogP contribution in [0.25, 0.3) is 0 Å². The zero-order chi connectivity index (χ0) is 14.7. The van der Waals surface area contributed by atoms with Crippen molar-refractivity contribution in [2.45, 2.75) is 58.4 Å². The minimum Gasteiger partial charge on any atom is -0.351 e. The Morgan fingerprint density at radius 3 is 2.29 bits per heavy atom. The maximum Gasteiger partial charge on any atom is 0.223 e. The molecule has 4 heteroatoms. The minimum atomic E-state index is 0.533. The van der Waals surface area contributed by atoms with Gasteiger partial charge < -0.3 is 10.2 Å². The van der Waals surface area contributed by atoms with E-state index < -0.39 is 0 Å². The summed E-state index contributed by atoms with van der Waals surface area (Å²) in [7, 11) is 0. The van der Waals surface area contributed by atoms with Crippen molar-refractivity contribution in [3.05, 3.63) is 17.5 Å². The quantitative estimate of drug-likeness (QED) is 0.924. The van der Waals surface area contributed by atoms with Gasteiger partial charge >= 0.3 is 0 Å². The molecule has 1 saturated carbocycles. The van der Waals surface area contributed by atoms with E-state index >= 15 is 0 Å². The molecule has 21 heavy (non-hydrogen) atoms. The number of hydrogen-bond acceptors (Lipinski definition) is 4. The van der Waals surface area contributed by atoms with Gasteiger partial charge in [0.15, 0.2) is 0 Å². The third kappa shape index (κ3) is 4.16. The van der Waals surface area contributed by atoms with Crippen LogP contribution in [0.3, 0.4) is 0 Å². The van der Waals surface area contributed by atoms with Gasteiger partial charge in [0.1, 0.15) is 0 Å². The van der Waals surface area contributed by atoms with Crippen molar-refractivity contribution in [2.24, 2.45) is 5.92 Å². The summed E-state index contributed by atoms with van der Waals surface area (Å²) in [5.41, 5.74) is 2.09. The molecule has 1 saturated heterocycles. The van der Waals surface area contributed by atoms with Gasteiger partial charge in [-0.2, -0.15) is 0 Å². The predicted octanol–water partition coefficient (Wildman–Crippen LogP) is 3.16. The van der Waals surface area contributed by atoms with Crippen molar-refractivity contribution >= 4 is 5.95 Å². The highest BCUT2D eigenvalue weighted by Gasteiger charge is 2.23. The summed E-state index contributed by atoms with van der Waals surface area (Å²) in [6, 6.07) is 2.56. The summed E-state index contributed by atoms with van der Waals surface area (Å²) in [6.45, 7) is 7.83. The molecule has 3 rings (SSSR count). The molecular weight excluding hydrogens is 260 g/mol. The molecule has 1 aliphatic carbocycles. The summed E-state index contributed by atoms with van der Waals surface area (Å²) in [4.78, 5) is 11.7. The second-order valence-electron chi connectivity index (χ2n) is 6.84. The fourth-order valence-electron chi connectivity index (χ4n) is 3.79. The van der Waals surface area contributed by atoms with E-state index in [4.69, 9.17) is 0 Å². The average molecular weight is 288 g/mol. The van der Waals surface area contributed by atoms with Crippen LogP contribution in [0.15, 0.2) is 6.07 Å². The SMILES string of the molecule is Cc1cc(C)nc(NC2CCN(CC3CCCC3)CC2)n1. The molecule has 0 bridgehead atoms. The van der Waals surface area contributed by atoms with Gasteiger partial charge in [-0.3, -0.25) is 0 Å². The normalized spacial score (nSPS) is 21.8. The summed E-state index contributed by atoms with van der Waals surface area (Å²) in [5, 5.41) is 3.53. The molecule has 4 nitrogen and oxygen atoms in total. The Kier molecular flexibility index (Phi) is 4.73. The van der Waals surface area contributed by atoms with Crippen LogP contribution in [-0.4, -0.2) is 40.5 Å². The third-order valence-electron chi connectivity index (χ3n) is 4.89. The standard InChI is InChI=1S/C17H28N4/c1-13-11-14(2)19-17(18-13)20-16-7-9-21(10-8-16)12-15-5-3-4-6-15/h11,15-16H,3-10,12H2,1-2H3,(H,18,19,20). The number of likely N-dealkylation sites (tertiary alicyclic amines) is 1. The zero-order valence-corrected chi connectivity index (χ0v) is 13.4.